The zero-order chi connectivity index (χ0) is 10.7. The van der Waals surface area contributed by atoms with Gasteiger partial charge in [-0.05, 0) is 65.2 Å². The summed E-state index contributed by atoms with van der Waals surface area (Å²) in [5, 5.41) is 0. The minimum atomic E-state index is 1.02. The average molecular weight is 210 g/mol. The van der Waals surface area contributed by atoms with Crippen molar-refractivity contribution in [1.29, 1.82) is 0 Å². The third-order valence-electron chi connectivity index (χ3n) is 5.28. The van der Waals surface area contributed by atoms with Crippen LogP contribution >= 0.6 is 0 Å². The van der Waals surface area contributed by atoms with Gasteiger partial charge < -0.3 is 4.48 Å². The molecule has 0 amide bonds. The van der Waals surface area contributed by atoms with Crippen LogP contribution in [0.3, 0.4) is 0 Å². The molecule has 2 saturated carbocycles. The van der Waals surface area contributed by atoms with E-state index in [1.54, 1.807) is 0 Å². The molecule has 0 aliphatic heterocycles. The largest absolute Gasteiger partial charge is 0.319 e. The van der Waals surface area contributed by atoms with E-state index >= 15 is 0 Å². The van der Waals surface area contributed by atoms with Crippen LogP contribution in [0.25, 0.3) is 0 Å². The Morgan fingerprint density at radius 1 is 0.733 bits per heavy atom. The fourth-order valence-electron chi connectivity index (χ4n) is 4.39. The van der Waals surface area contributed by atoms with Gasteiger partial charge in [0.1, 0.15) is 0 Å². The van der Waals surface area contributed by atoms with E-state index in [0.717, 1.165) is 12.1 Å². The molecule has 2 rings (SSSR count). The predicted octanol–water partition coefficient (Wildman–Crippen LogP) is 3.73. The first kappa shape index (κ1) is 11.4. The second kappa shape index (κ2) is 4.86. The van der Waals surface area contributed by atoms with E-state index in [1.165, 1.54) is 68.9 Å². The lowest BCUT2D eigenvalue weighted by Gasteiger charge is -2.47. The molecule has 0 N–H and O–H groups in total. The first-order valence-corrected chi connectivity index (χ1v) is 7.20. The topological polar surface area (TPSA) is 0 Å². The first-order valence-electron chi connectivity index (χ1n) is 7.20. The second-order valence-electron chi connectivity index (χ2n) is 5.61. The third-order valence-corrected chi connectivity index (χ3v) is 5.28. The van der Waals surface area contributed by atoms with E-state index in [2.05, 4.69) is 13.8 Å². The van der Waals surface area contributed by atoms with E-state index in [0.29, 0.717) is 0 Å². The minimum absolute atomic E-state index is 1.02. The molecular formula is C14H28N+. The molecule has 0 spiro atoms. The molecule has 0 bridgehead atoms. The maximum Gasteiger partial charge on any atom is 0.0892 e. The van der Waals surface area contributed by atoms with Gasteiger partial charge in [0.15, 0.2) is 0 Å². The van der Waals surface area contributed by atoms with Crippen LogP contribution in [0.5, 0.6) is 0 Å². The molecule has 0 saturated heterocycles. The third kappa shape index (κ3) is 1.95. The Morgan fingerprint density at radius 2 is 1.07 bits per heavy atom. The van der Waals surface area contributed by atoms with Crippen molar-refractivity contribution in [3.63, 3.8) is 0 Å². The summed E-state index contributed by atoms with van der Waals surface area (Å²) in [5.74, 6) is 0. The van der Waals surface area contributed by atoms with E-state index in [4.69, 9.17) is 0 Å². The summed E-state index contributed by atoms with van der Waals surface area (Å²) in [6, 6.07) is 2.03. The van der Waals surface area contributed by atoms with Crippen LogP contribution in [0.4, 0.5) is 0 Å². The summed E-state index contributed by atoms with van der Waals surface area (Å²) in [6.07, 6.45) is 12.0. The van der Waals surface area contributed by atoms with Crippen molar-refractivity contribution in [3.8, 4) is 0 Å². The van der Waals surface area contributed by atoms with Gasteiger partial charge in [-0.2, -0.15) is 0 Å². The average Bonchev–Trinajstić information content (AvgIpc) is 2.92. The highest BCUT2D eigenvalue weighted by Gasteiger charge is 2.43. The van der Waals surface area contributed by atoms with E-state index in [-0.39, 0.29) is 0 Å². The standard InChI is InChI=1S/C14H28N/c1-3-15(4-2,13-9-5-6-10-13)14-11-7-8-12-14/h13-14H,3-12H2,1-2H3/q+1. The summed E-state index contributed by atoms with van der Waals surface area (Å²) in [5.41, 5.74) is 0. The molecule has 2 aliphatic carbocycles. The van der Waals surface area contributed by atoms with Gasteiger partial charge in [-0.25, -0.2) is 0 Å². The van der Waals surface area contributed by atoms with Crippen LogP contribution in [0.15, 0.2) is 0 Å². The van der Waals surface area contributed by atoms with E-state index in [1.807, 2.05) is 0 Å². The lowest BCUT2D eigenvalue weighted by Crippen LogP contribution is -2.59. The maximum absolute atomic E-state index is 2.43. The van der Waals surface area contributed by atoms with Crippen LogP contribution in [0.1, 0.15) is 65.2 Å². The van der Waals surface area contributed by atoms with Crippen molar-refractivity contribution in [3.05, 3.63) is 0 Å². The molecule has 1 nitrogen and oxygen atoms in total. The summed E-state index contributed by atoms with van der Waals surface area (Å²) < 4.78 is 1.47. The van der Waals surface area contributed by atoms with Gasteiger partial charge in [-0.3, -0.25) is 0 Å². The fraction of sp³-hybridized carbons (Fsp3) is 1.00. The Kier molecular flexibility index (Phi) is 3.71. The van der Waals surface area contributed by atoms with Crippen LogP contribution in [-0.2, 0) is 0 Å². The number of hydrogen-bond donors (Lipinski definition) is 0. The number of hydrogen-bond acceptors (Lipinski definition) is 0. The first-order chi connectivity index (χ1) is 7.33. The van der Waals surface area contributed by atoms with Gasteiger partial charge >= 0.3 is 0 Å². The molecule has 2 aliphatic rings. The highest BCUT2D eigenvalue weighted by Crippen LogP contribution is 2.37. The second-order valence-corrected chi connectivity index (χ2v) is 5.61. The Labute approximate surface area is 95.4 Å². The van der Waals surface area contributed by atoms with Crippen molar-refractivity contribution >= 4 is 0 Å². The molecule has 88 valence electrons. The summed E-state index contributed by atoms with van der Waals surface area (Å²) in [6.45, 7) is 7.62. The van der Waals surface area contributed by atoms with Crippen molar-refractivity contribution in [2.75, 3.05) is 13.1 Å². The highest BCUT2D eigenvalue weighted by molar-refractivity contribution is 4.76. The zero-order valence-electron chi connectivity index (χ0n) is 10.7. The molecule has 0 atom stereocenters. The van der Waals surface area contributed by atoms with Gasteiger partial charge in [-0.15, -0.1) is 0 Å². The van der Waals surface area contributed by atoms with E-state index < -0.39 is 0 Å². The molecule has 0 radical (unpaired) electrons. The lowest BCUT2D eigenvalue weighted by molar-refractivity contribution is -0.969. The minimum Gasteiger partial charge on any atom is -0.319 e. The van der Waals surface area contributed by atoms with Crippen LogP contribution in [0.2, 0.25) is 0 Å². The molecule has 0 aromatic carbocycles. The lowest BCUT2D eigenvalue weighted by atomic mass is 10.0. The van der Waals surface area contributed by atoms with Gasteiger partial charge in [0.2, 0.25) is 0 Å². The maximum atomic E-state index is 2.43. The van der Waals surface area contributed by atoms with Crippen LogP contribution < -0.4 is 0 Å². The Hall–Kier alpha value is -0.0400. The highest BCUT2D eigenvalue weighted by atomic mass is 15.4. The number of rotatable bonds is 4. The quantitative estimate of drug-likeness (QED) is 0.620. The summed E-state index contributed by atoms with van der Waals surface area (Å²) >= 11 is 0. The SMILES string of the molecule is CC[N+](CC)(C1CCCC1)C1CCCC1. The fourth-order valence-corrected chi connectivity index (χ4v) is 4.39. The molecule has 0 unspecified atom stereocenters. The number of quaternary nitrogens is 1. The van der Waals surface area contributed by atoms with Gasteiger partial charge in [-0.1, -0.05) is 0 Å². The monoisotopic (exact) mass is 210 g/mol. The summed E-state index contributed by atoms with van der Waals surface area (Å²) in [7, 11) is 0. The molecule has 1 heteroatoms. The normalized spacial score (nSPS) is 25.2. The molecule has 0 aromatic rings. The molecule has 15 heavy (non-hydrogen) atoms. The number of nitrogens with zero attached hydrogens (tertiary/aromatic N) is 1. The zero-order valence-corrected chi connectivity index (χ0v) is 10.7. The van der Waals surface area contributed by atoms with Gasteiger partial charge in [0.25, 0.3) is 0 Å². The van der Waals surface area contributed by atoms with Crippen molar-refractivity contribution < 1.29 is 4.48 Å². The van der Waals surface area contributed by atoms with Gasteiger partial charge in [0.05, 0.1) is 25.2 Å². The molecule has 0 heterocycles. The van der Waals surface area contributed by atoms with E-state index in [9.17, 15) is 0 Å². The molecular weight excluding hydrogens is 182 g/mol. The predicted molar refractivity (Wildman–Crippen MR) is 65.9 cm³/mol. The van der Waals surface area contributed by atoms with Crippen molar-refractivity contribution in [1.82, 2.24) is 0 Å². The van der Waals surface area contributed by atoms with Crippen molar-refractivity contribution in [2.24, 2.45) is 0 Å². The van der Waals surface area contributed by atoms with Crippen molar-refractivity contribution in [2.45, 2.75) is 77.3 Å². The molecule has 2 fully saturated rings. The Morgan fingerprint density at radius 3 is 1.33 bits per heavy atom. The molecule has 0 aromatic heterocycles. The van der Waals surface area contributed by atoms with Gasteiger partial charge in [0, 0.05) is 0 Å². The summed E-state index contributed by atoms with van der Waals surface area (Å²) in [4.78, 5) is 0. The van der Waals surface area contributed by atoms with Crippen LogP contribution in [-0.4, -0.2) is 29.7 Å². The Balaban J connectivity index is 2.13. The van der Waals surface area contributed by atoms with Crippen LogP contribution in [0, 0.1) is 0 Å². The Bertz CT molecular complexity index is 166. The smallest absolute Gasteiger partial charge is 0.0892 e.